The Hall–Kier alpha value is -2.22. The van der Waals surface area contributed by atoms with E-state index in [-0.39, 0.29) is 5.91 Å². The molecule has 1 saturated heterocycles. The van der Waals surface area contributed by atoms with Gasteiger partial charge in [-0.3, -0.25) is 14.8 Å². The van der Waals surface area contributed by atoms with Gasteiger partial charge in [-0.25, -0.2) is 0 Å². The molecule has 2 aliphatic rings. The molecule has 2 aromatic heterocycles. The zero-order valence-corrected chi connectivity index (χ0v) is 14.7. The van der Waals surface area contributed by atoms with Crippen LogP contribution < -0.4 is 0 Å². The minimum Gasteiger partial charge on any atom is -0.335 e. The number of aryl methyl sites for hydroxylation is 2. The van der Waals surface area contributed by atoms with Crippen molar-refractivity contribution in [2.24, 2.45) is 0 Å². The lowest BCUT2D eigenvalue weighted by Crippen LogP contribution is -2.48. The maximum Gasteiger partial charge on any atom is 0.274 e. The van der Waals surface area contributed by atoms with Crippen molar-refractivity contribution in [3.05, 3.63) is 29.1 Å². The van der Waals surface area contributed by atoms with Crippen LogP contribution in [0, 0.1) is 6.92 Å². The Labute approximate surface area is 147 Å². The molecule has 0 bridgehead atoms. The van der Waals surface area contributed by atoms with Crippen molar-refractivity contribution in [1.82, 2.24) is 34.8 Å². The van der Waals surface area contributed by atoms with Gasteiger partial charge in [0.2, 0.25) is 0 Å². The molecular weight excluding hydrogens is 318 g/mol. The molecule has 0 radical (unpaired) electrons. The van der Waals surface area contributed by atoms with Gasteiger partial charge >= 0.3 is 0 Å². The fourth-order valence-electron chi connectivity index (χ4n) is 3.66. The van der Waals surface area contributed by atoms with E-state index in [0.717, 1.165) is 63.0 Å². The predicted molar refractivity (Wildman–Crippen MR) is 92.1 cm³/mol. The van der Waals surface area contributed by atoms with Crippen molar-refractivity contribution in [3.63, 3.8) is 0 Å². The van der Waals surface area contributed by atoms with E-state index in [2.05, 4.69) is 29.9 Å². The van der Waals surface area contributed by atoms with E-state index in [1.165, 1.54) is 19.3 Å². The van der Waals surface area contributed by atoms with Crippen molar-refractivity contribution < 1.29 is 4.79 Å². The van der Waals surface area contributed by atoms with Crippen LogP contribution in [-0.2, 0) is 19.5 Å². The smallest absolute Gasteiger partial charge is 0.274 e. The van der Waals surface area contributed by atoms with Gasteiger partial charge in [0.1, 0.15) is 17.3 Å². The van der Waals surface area contributed by atoms with E-state index in [0.29, 0.717) is 5.69 Å². The van der Waals surface area contributed by atoms with Gasteiger partial charge in [0, 0.05) is 44.8 Å². The minimum absolute atomic E-state index is 0.0142. The molecule has 1 fully saturated rings. The van der Waals surface area contributed by atoms with Crippen LogP contribution in [0.15, 0.2) is 6.07 Å². The molecule has 2 aliphatic heterocycles. The zero-order chi connectivity index (χ0) is 17.2. The van der Waals surface area contributed by atoms with Gasteiger partial charge in [-0.15, -0.1) is 10.2 Å². The van der Waals surface area contributed by atoms with Crippen LogP contribution in [0.4, 0.5) is 0 Å². The minimum atomic E-state index is 0.0142. The Morgan fingerprint density at radius 1 is 1.12 bits per heavy atom. The molecule has 4 heterocycles. The van der Waals surface area contributed by atoms with Crippen LogP contribution >= 0.6 is 0 Å². The van der Waals surface area contributed by atoms with Crippen molar-refractivity contribution in [2.75, 3.05) is 26.2 Å². The van der Waals surface area contributed by atoms with Gasteiger partial charge in [-0.1, -0.05) is 6.42 Å². The number of aromatic amines is 1. The standard InChI is InChI=1S/C17H25N7O/c1-13-11-14(19-18-13)17(25)23-9-7-22(8-10-23)12-16-21-20-15-5-3-2-4-6-24(15)16/h11H,2-10,12H2,1H3,(H,18,19). The van der Waals surface area contributed by atoms with Gasteiger partial charge < -0.3 is 9.47 Å². The average Bonchev–Trinajstić information content (AvgIpc) is 3.14. The van der Waals surface area contributed by atoms with Crippen LogP contribution in [0.3, 0.4) is 0 Å². The van der Waals surface area contributed by atoms with Gasteiger partial charge in [0.05, 0.1) is 6.54 Å². The summed E-state index contributed by atoms with van der Waals surface area (Å²) >= 11 is 0. The van der Waals surface area contributed by atoms with Gasteiger partial charge in [0.25, 0.3) is 5.91 Å². The first-order valence-electron chi connectivity index (χ1n) is 9.15. The molecule has 8 nitrogen and oxygen atoms in total. The summed E-state index contributed by atoms with van der Waals surface area (Å²) in [5.41, 5.74) is 1.42. The lowest BCUT2D eigenvalue weighted by atomic mass is 10.2. The highest BCUT2D eigenvalue weighted by molar-refractivity contribution is 5.92. The molecule has 0 saturated carbocycles. The van der Waals surface area contributed by atoms with E-state index in [1.54, 1.807) is 6.07 Å². The van der Waals surface area contributed by atoms with E-state index in [9.17, 15) is 4.79 Å². The summed E-state index contributed by atoms with van der Waals surface area (Å²) < 4.78 is 2.30. The topological polar surface area (TPSA) is 82.9 Å². The molecule has 1 amide bonds. The molecule has 0 unspecified atom stereocenters. The maximum absolute atomic E-state index is 12.5. The molecular formula is C17H25N7O. The highest BCUT2D eigenvalue weighted by Gasteiger charge is 2.25. The Bertz CT molecular complexity index is 742. The molecule has 0 atom stereocenters. The number of nitrogens with zero attached hydrogens (tertiary/aromatic N) is 6. The molecule has 2 aromatic rings. The summed E-state index contributed by atoms with van der Waals surface area (Å²) in [6, 6.07) is 1.81. The summed E-state index contributed by atoms with van der Waals surface area (Å²) in [6.07, 6.45) is 4.74. The number of carbonyl (C=O) groups is 1. The second-order valence-electron chi connectivity index (χ2n) is 7.00. The number of nitrogens with one attached hydrogen (secondary N) is 1. The lowest BCUT2D eigenvalue weighted by Gasteiger charge is -2.34. The second-order valence-corrected chi connectivity index (χ2v) is 7.00. The Balaban J connectivity index is 1.35. The van der Waals surface area contributed by atoms with E-state index in [4.69, 9.17) is 0 Å². The molecule has 0 aliphatic carbocycles. The van der Waals surface area contributed by atoms with Crippen LogP contribution in [0.2, 0.25) is 0 Å². The monoisotopic (exact) mass is 343 g/mol. The predicted octanol–water partition coefficient (Wildman–Crippen LogP) is 0.994. The van der Waals surface area contributed by atoms with Crippen molar-refractivity contribution >= 4 is 5.91 Å². The Morgan fingerprint density at radius 3 is 2.72 bits per heavy atom. The van der Waals surface area contributed by atoms with Crippen molar-refractivity contribution in [1.29, 1.82) is 0 Å². The second kappa shape index (κ2) is 6.95. The fourth-order valence-corrected chi connectivity index (χ4v) is 3.66. The van der Waals surface area contributed by atoms with Crippen LogP contribution in [-0.4, -0.2) is 66.8 Å². The number of rotatable bonds is 3. The van der Waals surface area contributed by atoms with Crippen molar-refractivity contribution in [2.45, 2.75) is 45.7 Å². The van der Waals surface area contributed by atoms with E-state index in [1.807, 2.05) is 11.8 Å². The van der Waals surface area contributed by atoms with E-state index < -0.39 is 0 Å². The highest BCUT2D eigenvalue weighted by Crippen LogP contribution is 2.16. The van der Waals surface area contributed by atoms with Crippen LogP contribution in [0.5, 0.6) is 0 Å². The summed E-state index contributed by atoms with van der Waals surface area (Å²) in [5.74, 6) is 2.22. The van der Waals surface area contributed by atoms with E-state index >= 15 is 0 Å². The van der Waals surface area contributed by atoms with Crippen molar-refractivity contribution in [3.8, 4) is 0 Å². The third-order valence-corrected chi connectivity index (χ3v) is 5.14. The lowest BCUT2D eigenvalue weighted by molar-refractivity contribution is 0.0618. The zero-order valence-electron chi connectivity index (χ0n) is 14.7. The Morgan fingerprint density at radius 2 is 1.96 bits per heavy atom. The highest BCUT2D eigenvalue weighted by atomic mass is 16.2. The first-order valence-corrected chi connectivity index (χ1v) is 9.15. The van der Waals surface area contributed by atoms with Gasteiger partial charge in [-0.2, -0.15) is 5.10 Å². The van der Waals surface area contributed by atoms with Gasteiger partial charge in [0.15, 0.2) is 0 Å². The summed E-state index contributed by atoms with van der Waals surface area (Å²) in [4.78, 5) is 16.7. The third kappa shape index (κ3) is 3.44. The normalized spacial score (nSPS) is 18.8. The largest absolute Gasteiger partial charge is 0.335 e. The number of amides is 1. The maximum atomic E-state index is 12.5. The molecule has 0 aromatic carbocycles. The summed E-state index contributed by atoms with van der Waals surface area (Å²) in [5, 5.41) is 15.7. The van der Waals surface area contributed by atoms with Crippen LogP contribution in [0.1, 0.15) is 47.1 Å². The number of piperazine rings is 1. The molecule has 0 spiro atoms. The third-order valence-electron chi connectivity index (χ3n) is 5.14. The number of hydrogen-bond donors (Lipinski definition) is 1. The number of hydrogen-bond acceptors (Lipinski definition) is 5. The quantitative estimate of drug-likeness (QED) is 0.899. The first kappa shape index (κ1) is 16.3. The molecule has 8 heteroatoms. The molecule has 25 heavy (non-hydrogen) atoms. The molecule has 4 rings (SSSR count). The van der Waals surface area contributed by atoms with Gasteiger partial charge in [-0.05, 0) is 25.8 Å². The first-order chi connectivity index (χ1) is 12.2. The number of H-pyrrole nitrogens is 1. The van der Waals surface area contributed by atoms with Crippen LogP contribution in [0.25, 0.3) is 0 Å². The molecule has 1 N–H and O–H groups in total. The fraction of sp³-hybridized carbons (Fsp3) is 0.647. The SMILES string of the molecule is Cc1cc(C(=O)N2CCN(Cc3nnc4n3CCCCC4)CC2)n[nH]1. The molecule has 134 valence electrons. The summed E-state index contributed by atoms with van der Waals surface area (Å²) in [7, 11) is 0. The number of fused-ring (bicyclic) bond motifs is 1. The number of carbonyl (C=O) groups excluding carboxylic acids is 1. The summed E-state index contributed by atoms with van der Waals surface area (Å²) in [6.45, 7) is 6.93. The average molecular weight is 343 g/mol. The Kier molecular flexibility index (Phi) is 4.52. The number of aromatic nitrogens is 5.